The molecular weight excluding hydrogens is 266 g/mol. The highest BCUT2D eigenvalue weighted by Crippen LogP contribution is 2.37. The zero-order chi connectivity index (χ0) is 15.6. The molecule has 1 aliphatic heterocycles. The van der Waals surface area contributed by atoms with Crippen molar-refractivity contribution in [3.8, 4) is 0 Å². The van der Waals surface area contributed by atoms with Gasteiger partial charge in [-0.3, -0.25) is 0 Å². The molecule has 128 valence electrons. The minimum atomic E-state index is 0.889. The van der Waals surface area contributed by atoms with Gasteiger partial charge in [-0.1, -0.05) is 76.4 Å². The molecule has 0 aromatic heterocycles. The summed E-state index contributed by atoms with van der Waals surface area (Å²) in [5, 5.41) is 3.69. The number of hydrogen-bond acceptors (Lipinski definition) is 1. The van der Waals surface area contributed by atoms with Crippen LogP contribution >= 0.6 is 0 Å². The van der Waals surface area contributed by atoms with Gasteiger partial charge in [0, 0.05) is 6.54 Å². The van der Waals surface area contributed by atoms with E-state index in [1.807, 2.05) is 11.1 Å². The minimum absolute atomic E-state index is 0.889. The molecular formula is C21H39N. The van der Waals surface area contributed by atoms with Crippen LogP contribution < -0.4 is 5.32 Å². The molecule has 2 unspecified atom stereocenters. The number of rotatable bonds is 5. The highest BCUT2D eigenvalue weighted by Gasteiger charge is 2.25. The lowest BCUT2D eigenvalue weighted by Crippen LogP contribution is -2.31. The molecule has 0 radical (unpaired) electrons. The Labute approximate surface area is 139 Å². The van der Waals surface area contributed by atoms with Crippen LogP contribution in [-0.4, -0.2) is 13.1 Å². The highest BCUT2D eigenvalue weighted by atomic mass is 14.9. The van der Waals surface area contributed by atoms with E-state index in [1.165, 1.54) is 96.6 Å². The first-order valence-corrected chi connectivity index (χ1v) is 10.3. The average Bonchev–Trinajstić information content (AvgIpc) is 2.58. The predicted octanol–water partition coefficient (Wildman–Crippen LogP) is 6.24. The van der Waals surface area contributed by atoms with Crippen molar-refractivity contribution in [2.24, 2.45) is 11.8 Å². The van der Waals surface area contributed by atoms with Crippen LogP contribution in [0.4, 0.5) is 0 Å². The Balaban J connectivity index is 2.21. The van der Waals surface area contributed by atoms with Crippen molar-refractivity contribution in [3.05, 3.63) is 11.1 Å². The zero-order valence-corrected chi connectivity index (χ0v) is 15.3. The molecule has 1 N–H and O–H groups in total. The van der Waals surface area contributed by atoms with Crippen molar-refractivity contribution < 1.29 is 0 Å². The van der Waals surface area contributed by atoms with Crippen molar-refractivity contribution in [1.82, 2.24) is 5.32 Å². The van der Waals surface area contributed by atoms with Gasteiger partial charge in [0.1, 0.15) is 0 Å². The summed E-state index contributed by atoms with van der Waals surface area (Å²) in [7, 11) is 0. The SMILES string of the molecule is CCCCC1CCCCCCCC(CCC)C2=C1CNCC2. The van der Waals surface area contributed by atoms with E-state index in [9.17, 15) is 0 Å². The maximum atomic E-state index is 3.69. The highest BCUT2D eigenvalue weighted by molar-refractivity contribution is 5.24. The smallest absolute Gasteiger partial charge is 0.0170 e. The molecule has 1 nitrogen and oxygen atoms in total. The van der Waals surface area contributed by atoms with Gasteiger partial charge in [-0.2, -0.15) is 0 Å². The molecule has 0 fully saturated rings. The largest absolute Gasteiger partial charge is 0.313 e. The zero-order valence-electron chi connectivity index (χ0n) is 15.3. The lowest BCUT2D eigenvalue weighted by atomic mass is 9.77. The Morgan fingerprint density at radius 1 is 0.818 bits per heavy atom. The molecule has 1 aliphatic carbocycles. The summed E-state index contributed by atoms with van der Waals surface area (Å²) in [5.74, 6) is 1.80. The van der Waals surface area contributed by atoms with E-state index in [1.54, 1.807) is 0 Å². The first-order valence-electron chi connectivity index (χ1n) is 10.3. The van der Waals surface area contributed by atoms with Gasteiger partial charge in [0.2, 0.25) is 0 Å². The van der Waals surface area contributed by atoms with E-state index >= 15 is 0 Å². The van der Waals surface area contributed by atoms with Gasteiger partial charge in [0.05, 0.1) is 0 Å². The Hall–Kier alpha value is -0.300. The summed E-state index contributed by atoms with van der Waals surface area (Å²) < 4.78 is 0. The monoisotopic (exact) mass is 305 g/mol. The summed E-state index contributed by atoms with van der Waals surface area (Å²) in [5.41, 5.74) is 3.77. The molecule has 1 heteroatoms. The van der Waals surface area contributed by atoms with Crippen molar-refractivity contribution in [1.29, 1.82) is 0 Å². The first-order chi connectivity index (χ1) is 10.9. The van der Waals surface area contributed by atoms with Crippen LogP contribution in [0.25, 0.3) is 0 Å². The Morgan fingerprint density at radius 3 is 2.18 bits per heavy atom. The van der Waals surface area contributed by atoms with Crippen molar-refractivity contribution in [2.75, 3.05) is 13.1 Å². The molecule has 0 saturated carbocycles. The van der Waals surface area contributed by atoms with E-state index < -0.39 is 0 Å². The third kappa shape index (κ3) is 5.41. The Kier molecular flexibility index (Phi) is 8.59. The fourth-order valence-corrected chi connectivity index (χ4v) is 4.69. The molecule has 0 bridgehead atoms. The molecule has 1 heterocycles. The number of unbranched alkanes of at least 4 members (excludes halogenated alkanes) is 1. The maximum absolute atomic E-state index is 3.69. The van der Waals surface area contributed by atoms with Crippen LogP contribution in [0.15, 0.2) is 11.1 Å². The second kappa shape index (κ2) is 10.5. The molecule has 22 heavy (non-hydrogen) atoms. The van der Waals surface area contributed by atoms with Crippen molar-refractivity contribution in [2.45, 2.75) is 97.3 Å². The van der Waals surface area contributed by atoms with Crippen molar-refractivity contribution in [3.63, 3.8) is 0 Å². The molecule has 0 spiro atoms. The summed E-state index contributed by atoms with van der Waals surface area (Å²) in [6, 6.07) is 0. The van der Waals surface area contributed by atoms with E-state index in [0.717, 1.165) is 11.8 Å². The fraction of sp³-hybridized carbons (Fsp3) is 0.905. The standard InChI is InChI=1S/C21H39N/c1-3-5-12-19-14-10-8-6-7-9-13-18(11-4-2)20-15-16-22-17-21(19)20/h18-19,22H,3-17H2,1-2H3. The van der Waals surface area contributed by atoms with Gasteiger partial charge >= 0.3 is 0 Å². The van der Waals surface area contributed by atoms with E-state index in [2.05, 4.69) is 19.2 Å². The van der Waals surface area contributed by atoms with Gasteiger partial charge in [-0.15, -0.1) is 0 Å². The van der Waals surface area contributed by atoms with Crippen LogP contribution in [-0.2, 0) is 0 Å². The topological polar surface area (TPSA) is 12.0 Å². The summed E-state index contributed by atoms with van der Waals surface area (Å²) >= 11 is 0. The quantitative estimate of drug-likeness (QED) is 0.592. The van der Waals surface area contributed by atoms with Gasteiger partial charge in [-0.05, 0) is 50.5 Å². The van der Waals surface area contributed by atoms with Crippen molar-refractivity contribution >= 4 is 0 Å². The van der Waals surface area contributed by atoms with Crippen LogP contribution in [0.3, 0.4) is 0 Å². The normalized spacial score (nSPS) is 28.1. The van der Waals surface area contributed by atoms with Gasteiger partial charge in [0.15, 0.2) is 0 Å². The molecule has 0 saturated heterocycles. The average molecular weight is 306 g/mol. The summed E-state index contributed by atoms with van der Waals surface area (Å²) in [6.45, 7) is 7.14. The lowest BCUT2D eigenvalue weighted by molar-refractivity contribution is 0.418. The second-order valence-electron chi connectivity index (χ2n) is 7.65. The van der Waals surface area contributed by atoms with E-state index in [-0.39, 0.29) is 0 Å². The lowest BCUT2D eigenvalue weighted by Gasteiger charge is -2.32. The number of hydrogen-bond donors (Lipinski definition) is 1. The summed E-state index contributed by atoms with van der Waals surface area (Å²) in [4.78, 5) is 0. The Morgan fingerprint density at radius 2 is 1.50 bits per heavy atom. The Bertz CT molecular complexity index is 331. The molecule has 2 rings (SSSR count). The van der Waals surface area contributed by atoms with Crippen LogP contribution in [0.2, 0.25) is 0 Å². The van der Waals surface area contributed by atoms with Gasteiger partial charge in [0.25, 0.3) is 0 Å². The van der Waals surface area contributed by atoms with Crippen LogP contribution in [0.1, 0.15) is 97.3 Å². The minimum Gasteiger partial charge on any atom is -0.313 e. The van der Waals surface area contributed by atoms with Crippen LogP contribution in [0, 0.1) is 11.8 Å². The first kappa shape index (κ1) is 18.0. The van der Waals surface area contributed by atoms with Crippen LogP contribution in [0.5, 0.6) is 0 Å². The molecule has 2 atom stereocenters. The number of nitrogens with one attached hydrogen (secondary N) is 1. The fourth-order valence-electron chi connectivity index (χ4n) is 4.69. The molecule has 0 aromatic carbocycles. The maximum Gasteiger partial charge on any atom is 0.0170 e. The predicted molar refractivity (Wildman–Crippen MR) is 98.2 cm³/mol. The molecule has 2 aliphatic rings. The third-order valence-corrected chi connectivity index (χ3v) is 5.93. The van der Waals surface area contributed by atoms with Gasteiger partial charge < -0.3 is 5.32 Å². The molecule has 0 aromatic rings. The second-order valence-corrected chi connectivity index (χ2v) is 7.65. The van der Waals surface area contributed by atoms with E-state index in [0.29, 0.717) is 0 Å². The van der Waals surface area contributed by atoms with Gasteiger partial charge in [-0.25, -0.2) is 0 Å². The van der Waals surface area contributed by atoms with E-state index in [4.69, 9.17) is 0 Å². The third-order valence-electron chi connectivity index (χ3n) is 5.93. The summed E-state index contributed by atoms with van der Waals surface area (Å²) in [6.07, 6.45) is 18.6. The molecule has 0 amide bonds.